The third-order valence-electron chi connectivity index (χ3n) is 2.06. The zero-order valence-electron chi connectivity index (χ0n) is 8.82. The molecule has 0 aliphatic rings. The van der Waals surface area contributed by atoms with Crippen molar-refractivity contribution in [2.75, 3.05) is 12.8 Å². The van der Waals surface area contributed by atoms with Gasteiger partial charge in [0.25, 0.3) is 0 Å². The maximum Gasteiger partial charge on any atom is 0.213 e. The molecule has 5 nitrogen and oxygen atoms in total. The smallest absolute Gasteiger partial charge is 0.213 e. The van der Waals surface area contributed by atoms with Gasteiger partial charge in [-0.3, -0.25) is 0 Å². The van der Waals surface area contributed by atoms with Gasteiger partial charge in [0, 0.05) is 11.6 Å². The van der Waals surface area contributed by atoms with E-state index in [2.05, 4.69) is 15.0 Å². The lowest BCUT2D eigenvalue weighted by molar-refractivity contribution is 0.396. The van der Waals surface area contributed by atoms with Crippen molar-refractivity contribution in [1.82, 2.24) is 15.0 Å². The molecule has 0 amide bonds. The van der Waals surface area contributed by atoms with E-state index in [1.165, 1.54) is 19.4 Å². The zero-order chi connectivity index (χ0) is 12.4. The first-order chi connectivity index (χ1) is 8.11. The van der Waals surface area contributed by atoms with Gasteiger partial charge in [0.05, 0.1) is 19.5 Å². The molecule has 7 heteroatoms. The van der Waals surface area contributed by atoms with Gasteiger partial charge < -0.3 is 10.5 Å². The molecule has 88 valence electrons. The number of hydrogen-bond acceptors (Lipinski definition) is 5. The standard InChI is InChI=1S/C10H8ClFN4O/c1-17-8-2-5(6(12)3-14-8)9-10(13)16-7(11)4-15-9/h2-4H,1H3,(H2,13,16). The molecule has 2 rings (SSSR count). The minimum absolute atomic E-state index is 0.0460. The van der Waals surface area contributed by atoms with Crippen LogP contribution in [0.3, 0.4) is 0 Å². The van der Waals surface area contributed by atoms with Crippen LogP contribution in [0.5, 0.6) is 5.88 Å². The summed E-state index contributed by atoms with van der Waals surface area (Å²) in [5, 5.41) is 0.146. The number of anilines is 1. The number of aromatic nitrogens is 3. The minimum atomic E-state index is -0.561. The summed E-state index contributed by atoms with van der Waals surface area (Å²) in [4.78, 5) is 11.5. The predicted molar refractivity (Wildman–Crippen MR) is 61.2 cm³/mol. The molecular weight excluding hydrogens is 247 g/mol. The summed E-state index contributed by atoms with van der Waals surface area (Å²) in [5.74, 6) is -0.253. The number of pyridine rings is 1. The quantitative estimate of drug-likeness (QED) is 0.886. The molecule has 2 aromatic rings. The molecule has 0 saturated carbocycles. The largest absolute Gasteiger partial charge is 0.481 e. The van der Waals surface area contributed by atoms with E-state index in [1.807, 2.05) is 0 Å². The van der Waals surface area contributed by atoms with Crippen LogP contribution in [0.2, 0.25) is 5.15 Å². The normalized spacial score (nSPS) is 10.3. The number of methoxy groups -OCH3 is 1. The van der Waals surface area contributed by atoms with Gasteiger partial charge in [-0.15, -0.1) is 0 Å². The molecule has 0 spiro atoms. The molecule has 0 aliphatic carbocycles. The maximum atomic E-state index is 13.6. The van der Waals surface area contributed by atoms with Crippen LogP contribution in [0, 0.1) is 5.82 Å². The third-order valence-corrected chi connectivity index (χ3v) is 2.25. The minimum Gasteiger partial charge on any atom is -0.481 e. The molecule has 2 heterocycles. The Morgan fingerprint density at radius 1 is 1.35 bits per heavy atom. The second kappa shape index (κ2) is 4.50. The first kappa shape index (κ1) is 11.5. The molecule has 0 saturated heterocycles. The second-order valence-corrected chi connectivity index (χ2v) is 3.52. The Bertz CT molecular complexity index is 564. The average Bonchev–Trinajstić information content (AvgIpc) is 2.30. The highest BCUT2D eigenvalue weighted by Crippen LogP contribution is 2.27. The van der Waals surface area contributed by atoms with E-state index in [9.17, 15) is 4.39 Å². The van der Waals surface area contributed by atoms with Crippen LogP contribution in [0.15, 0.2) is 18.5 Å². The van der Waals surface area contributed by atoms with E-state index in [-0.39, 0.29) is 28.1 Å². The van der Waals surface area contributed by atoms with E-state index in [4.69, 9.17) is 22.1 Å². The van der Waals surface area contributed by atoms with Crippen LogP contribution in [0.25, 0.3) is 11.3 Å². The molecule has 2 aromatic heterocycles. The average molecular weight is 255 g/mol. The maximum absolute atomic E-state index is 13.6. The Labute approximate surface area is 101 Å². The van der Waals surface area contributed by atoms with Crippen LogP contribution in [-0.4, -0.2) is 22.1 Å². The molecule has 0 bridgehead atoms. The first-order valence-corrected chi connectivity index (χ1v) is 4.97. The molecule has 0 radical (unpaired) electrons. The molecule has 2 N–H and O–H groups in total. The van der Waals surface area contributed by atoms with Crippen LogP contribution in [0.1, 0.15) is 0 Å². The van der Waals surface area contributed by atoms with Crippen molar-refractivity contribution in [3.63, 3.8) is 0 Å². The van der Waals surface area contributed by atoms with E-state index in [0.29, 0.717) is 0 Å². The summed E-state index contributed by atoms with van der Waals surface area (Å²) in [7, 11) is 1.43. The first-order valence-electron chi connectivity index (χ1n) is 4.59. The SMILES string of the molecule is COc1cc(-c2ncc(Cl)nc2N)c(F)cn1. The highest BCUT2D eigenvalue weighted by Gasteiger charge is 2.13. The van der Waals surface area contributed by atoms with Crippen LogP contribution < -0.4 is 10.5 Å². The number of nitrogens with zero attached hydrogens (tertiary/aromatic N) is 3. The van der Waals surface area contributed by atoms with Gasteiger partial charge >= 0.3 is 0 Å². The number of nitrogen functional groups attached to an aromatic ring is 1. The Morgan fingerprint density at radius 2 is 2.12 bits per heavy atom. The summed E-state index contributed by atoms with van der Waals surface area (Å²) in [5.41, 5.74) is 5.99. The van der Waals surface area contributed by atoms with Crippen molar-refractivity contribution >= 4 is 17.4 Å². The highest BCUT2D eigenvalue weighted by atomic mass is 35.5. The monoisotopic (exact) mass is 254 g/mol. The molecule has 0 unspecified atom stereocenters. The summed E-state index contributed by atoms with van der Waals surface area (Å²) >= 11 is 5.62. The van der Waals surface area contributed by atoms with Crippen LogP contribution in [-0.2, 0) is 0 Å². The number of rotatable bonds is 2. The lowest BCUT2D eigenvalue weighted by atomic mass is 10.2. The topological polar surface area (TPSA) is 73.9 Å². The van der Waals surface area contributed by atoms with Gasteiger partial charge in [0.2, 0.25) is 5.88 Å². The van der Waals surface area contributed by atoms with Gasteiger partial charge in [0.15, 0.2) is 11.6 Å². The number of ether oxygens (including phenoxy) is 1. The fourth-order valence-electron chi connectivity index (χ4n) is 1.30. The van der Waals surface area contributed by atoms with Gasteiger partial charge in [-0.1, -0.05) is 11.6 Å². The van der Waals surface area contributed by atoms with Crippen molar-refractivity contribution in [3.05, 3.63) is 29.4 Å². The Balaban J connectivity index is 2.59. The number of halogens is 2. The van der Waals surface area contributed by atoms with Crippen molar-refractivity contribution in [2.24, 2.45) is 0 Å². The molecule has 0 atom stereocenters. The van der Waals surface area contributed by atoms with Gasteiger partial charge in [-0.25, -0.2) is 19.3 Å². The summed E-state index contributed by atoms with van der Waals surface area (Å²) in [6, 6.07) is 1.39. The second-order valence-electron chi connectivity index (χ2n) is 3.13. The van der Waals surface area contributed by atoms with E-state index in [1.54, 1.807) is 0 Å². The van der Waals surface area contributed by atoms with Crippen LogP contribution in [0.4, 0.5) is 10.2 Å². The Hall–Kier alpha value is -1.95. The fourth-order valence-corrected chi connectivity index (χ4v) is 1.44. The van der Waals surface area contributed by atoms with E-state index < -0.39 is 5.82 Å². The van der Waals surface area contributed by atoms with Crippen molar-refractivity contribution < 1.29 is 9.13 Å². The lowest BCUT2D eigenvalue weighted by Crippen LogP contribution is -2.00. The van der Waals surface area contributed by atoms with E-state index >= 15 is 0 Å². The Morgan fingerprint density at radius 3 is 2.76 bits per heavy atom. The summed E-state index contributed by atoms with van der Waals surface area (Å²) < 4.78 is 18.5. The van der Waals surface area contributed by atoms with Crippen molar-refractivity contribution in [1.29, 1.82) is 0 Å². The van der Waals surface area contributed by atoms with Gasteiger partial charge in [-0.2, -0.15) is 0 Å². The number of hydrogen-bond donors (Lipinski definition) is 1. The van der Waals surface area contributed by atoms with Gasteiger partial charge in [-0.05, 0) is 0 Å². The molecule has 17 heavy (non-hydrogen) atoms. The van der Waals surface area contributed by atoms with Gasteiger partial charge in [0.1, 0.15) is 10.8 Å². The molecular formula is C10H8ClFN4O. The van der Waals surface area contributed by atoms with Crippen molar-refractivity contribution in [3.8, 4) is 17.1 Å². The zero-order valence-corrected chi connectivity index (χ0v) is 9.57. The summed E-state index contributed by atoms with van der Waals surface area (Å²) in [6.07, 6.45) is 2.32. The molecule has 0 fully saturated rings. The number of nitrogens with two attached hydrogens (primary N) is 1. The molecule has 0 aliphatic heterocycles. The van der Waals surface area contributed by atoms with Crippen LogP contribution >= 0.6 is 11.6 Å². The third kappa shape index (κ3) is 2.26. The predicted octanol–water partition coefficient (Wildman–Crippen LogP) is 1.92. The van der Waals surface area contributed by atoms with E-state index in [0.717, 1.165) is 6.20 Å². The highest BCUT2D eigenvalue weighted by molar-refractivity contribution is 6.29. The lowest BCUT2D eigenvalue weighted by Gasteiger charge is -2.06. The Kier molecular flexibility index (Phi) is 3.06. The summed E-state index contributed by atoms with van der Waals surface area (Å²) in [6.45, 7) is 0. The van der Waals surface area contributed by atoms with Crippen molar-refractivity contribution in [2.45, 2.75) is 0 Å². The fraction of sp³-hybridized carbons (Fsp3) is 0.100. The molecule has 0 aromatic carbocycles.